The van der Waals surface area contributed by atoms with Gasteiger partial charge in [-0.25, -0.2) is 4.98 Å². The van der Waals surface area contributed by atoms with Gasteiger partial charge >= 0.3 is 0 Å². The maximum atomic E-state index is 4.85. The van der Waals surface area contributed by atoms with Crippen LogP contribution in [0, 0.1) is 0 Å². The molecule has 3 heterocycles. The first-order chi connectivity index (χ1) is 4.47. The van der Waals surface area contributed by atoms with E-state index in [1.165, 1.54) is 12.9 Å². The molecule has 3 rings (SSSR count). The van der Waals surface area contributed by atoms with Gasteiger partial charge in [0.05, 0.1) is 11.7 Å². The molecule has 0 saturated carbocycles. The molecule has 46 valence electrons. The van der Waals surface area contributed by atoms with E-state index < -0.39 is 0 Å². The lowest BCUT2D eigenvalue weighted by molar-refractivity contribution is 0.552. The normalized spacial score (nSPS) is 44.2. The van der Waals surface area contributed by atoms with Gasteiger partial charge in [0.1, 0.15) is 6.26 Å². The first-order valence-corrected chi connectivity index (χ1v) is 3.10. The summed E-state index contributed by atoms with van der Waals surface area (Å²) in [5.74, 6) is 0. The van der Waals surface area contributed by atoms with Crippen LogP contribution in [0.3, 0.4) is 0 Å². The molecular weight excluding hydrogens is 116 g/mol. The van der Waals surface area contributed by atoms with Crippen LogP contribution in [-0.4, -0.2) is 22.5 Å². The van der Waals surface area contributed by atoms with Crippen LogP contribution in [0.25, 0.3) is 0 Å². The van der Waals surface area contributed by atoms with E-state index in [9.17, 15) is 0 Å². The molecule has 9 heavy (non-hydrogen) atoms. The monoisotopic (exact) mass is 122 g/mol. The molecule has 2 aliphatic rings. The Bertz CT molecular complexity index is 223. The SMILES string of the molecule is c1nc(C2C3CN32)co1. The van der Waals surface area contributed by atoms with Crippen molar-refractivity contribution in [2.45, 2.75) is 12.1 Å². The van der Waals surface area contributed by atoms with Crippen molar-refractivity contribution in [3.63, 3.8) is 0 Å². The molecule has 3 atom stereocenters. The van der Waals surface area contributed by atoms with Gasteiger partial charge in [-0.2, -0.15) is 0 Å². The van der Waals surface area contributed by atoms with Gasteiger partial charge in [-0.15, -0.1) is 0 Å². The Hall–Kier alpha value is -0.830. The van der Waals surface area contributed by atoms with Crippen LogP contribution < -0.4 is 0 Å². The number of fused-ring (bicyclic) bond motifs is 1. The fraction of sp³-hybridized carbons (Fsp3) is 0.500. The van der Waals surface area contributed by atoms with Gasteiger partial charge in [0.15, 0.2) is 6.39 Å². The van der Waals surface area contributed by atoms with E-state index in [0.29, 0.717) is 6.04 Å². The Balaban J connectivity index is 1.95. The van der Waals surface area contributed by atoms with E-state index in [1.807, 2.05) is 0 Å². The first kappa shape index (κ1) is 4.06. The number of oxazole rings is 1. The Kier molecular flexibility index (Phi) is 0.471. The second-order valence-corrected chi connectivity index (χ2v) is 2.62. The van der Waals surface area contributed by atoms with Crippen LogP contribution in [0.4, 0.5) is 0 Å². The second-order valence-electron chi connectivity index (χ2n) is 2.62. The van der Waals surface area contributed by atoms with Crippen LogP contribution in [-0.2, 0) is 0 Å². The van der Waals surface area contributed by atoms with Crippen LogP contribution in [0.15, 0.2) is 17.1 Å². The van der Waals surface area contributed by atoms with Crippen LogP contribution >= 0.6 is 0 Å². The highest BCUT2D eigenvalue weighted by Gasteiger charge is 2.63. The predicted octanol–water partition coefficient (Wildman–Crippen LogP) is 0.414. The van der Waals surface area contributed by atoms with E-state index in [4.69, 9.17) is 4.42 Å². The quantitative estimate of drug-likeness (QED) is 0.505. The fourth-order valence-electron chi connectivity index (χ4n) is 1.31. The molecule has 0 aromatic carbocycles. The topological polar surface area (TPSA) is 29.0 Å². The van der Waals surface area contributed by atoms with Crippen molar-refractivity contribution >= 4 is 0 Å². The summed E-state index contributed by atoms with van der Waals surface area (Å²) in [4.78, 5) is 6.42. The van der Waals surface area contributed by atoms with Crippen molar-refractivity contribution in [1.82, 2.24) is 9.88 Å². The molecule has 2 aliphatic heterocycles. The van der Waals surface area contributed by atoms with E-state index in [-0.39, 0.29) is 0 Å². The summed E-state index contributed by atoms with van der Waals surface area (Å²) in [6.07, 6.45) is 3.23. The van der Waals surface area contributed by atoms with Crippen molar-refractivity contribution in [2.75, 3.05) is 6.54 Å². The molecule has 0 bridgehead atoms. The third-order valence-electron chi connectivity index (χ3n) is 2.08. The zero-order valence-electron chi connectivity index (χ0n) is 4.82. The van der Waals surface area contributed by atoms with Gasteiger partial charge in [-0.3, -0.25) is 4.90 Å². The molecule has 0 spiro atoms. The number of rotatable bonds is 1. The van der Waals surface area contributed by atoms with E-state index in [0.717, 1.165) is 11.7 Å². The molecule has 3 heteroatoms. The van der Waals surface area contributed by atoms with Gasteiger partial charge in [-0.05, 0) is 0 Å². The highest BCUT2D eigenvalue weighted by Crippen LogP contribution is 2.54. The van der Waals surface area contributed by atoms with Crippen molar-refractivity contribution in [3.8, 4) is 0 Å². The summed E-state index contributed by atoms with van der Waals surface area (Å²) in [6.45, 7) is 1.28. The summed E-state index contributed by atoms with van der Waals surface area (Å²) in [5.41, 5.74) is 1.10. The average Bonchev–Trinajstić information content (AvgIpc) is 2.66. The van der Waals surface area contributed by atoms with Crippen molar-refractivity contribution < 1.29 is 4.42 Å². The van der Waals surface area contributed by atoms with E-state index >= 15 is 0 Å². The molecule has 0 amide bonds. The van der Waals surface area contributed by atoms with Crippen molar-refractivity contribution in [1.29, 1.82) is 0 Å². The lowest BCUT2D eigenvalue weighted by Gasteiger charge is -1.92. The average molecular weight is 122 g/mol. The fourth-order valence-corrected chi connectivity index (χ4v) is 1.31. The molecule has 3 nitrogen and oxygen atoms in total. The lowest BCUT2D eigenvalue weighted by atomic mass is 10.2. The van der Waals surface area contributed by atoms with Crippen LogP contribution in [0.5, 0.6) is 0 Å². The molecular formula is C6H6N2O. The minimum atomic E-state index is 0.628. The zero-order chi connectivity index (χ0) is 5.84. The van der Waals surface area contributed by atoms with Crippen molar-refractivity contribution in [3.05, 3.63) is 18.4 Å². The largest absolute Gasteiger partial charge is 0.451 e. The zero-order valence-corrected chi connectivity index (χ0v) is 4.82. The Labute approximate surface area is 52.3 Å². The summed E-state index contributed by atoms with van der Waals surface area (Å²) in [5, 5.41) is 0. The third-order valence-corrected chi connectivity index (χ3v) is 2.08. The van der Waals surface area contributed by atoms with E-state index in [2.05, 4.69) is 9.88 Å². The maximum Gasteiger partial charge on any atom is 0.180 e. The highest BCUT2D eigenvalue weighted by molar-refractivity contribution is 5.27. The van der Waals surface area contributed by atoms with Gasteiger partial charge < -0.3 is 4.42 Å². The van der Waals surface area contributed by atoms with Gasteiger partial charge in [0, 0.05) is 12.6 Å². The van der Waals surface area contributed by atoms with Gasteiger partial charge in [0.2, 0.25) is 0 Å². The lowest BCUT2D eigenvalue weighted by Crippen LogP contribution is -1.96. The number of hydrogen-bond acceptors (Lipinski definition) is 3. The van der Waals surface area contributed by atoms with E-state index in [1.54, 1.807) is 6.26 Å². The smallest absolute Gasteiger partial charge is 0.180 e. The summed E-state index contributed by atoms with van der Waals surface area (Å²) >= 11 is 0. The molecule has 2 fully saturated rings. The Morgan fingerprint density at radius 2 is 2.67 bits per heavy atom. The minimum absolute atomic E-state index is 0.628. The second kappa shape index (κ2) is 1.04. The summed E-state index contributed by atoms with van der Waals surface area (Å²) < 4.78 is 4.85. The molecule has 3 unspecified atom stereocenters. The Morgan fingerprint density at radius 1 is 1.78 bits per heavy atom. The molecule has 0 N–H and O–H groups in total. The third kappa shape index (κ3) is 0.390. The van der Waals surface area contributed by atoms with Gasteiger partial charge in [0.25, 0.3) is 0 Å². The van der Waals surface area contributed by atoms with Gasteiger partial charge in [-0.1, -0.05) is 0 Å². The van der Waals surface area contributed by atoms with Crippen molar-refractivity contribution in [2.24, 2.45) is 0 Å². The molecule has 1 aromatic heterocycles. The first-order valence-electron chi connectivity index (χ1n) is 3.10. The molecule has 0 aliphatic carbocycles. The van der Waals surface area contributed by atoms with Crippen LogP contribution in [0.1, 0.15) is 11.7 Å². The summed E-state index contributed by atoms with van der Waals surface area (Å²) in [7, 11) is 0. The highest BCUT2D eigenvalue weighted by atomic mass is 16.3. The number of nitrogens with zero attached hydrogens (tertiary/aromatic N) is 2. The Morgan fingerprint density at radius 3 is 3.11 bits per heavy atom. The maximum absolute atomic E-state index is 4.85. The molecule has 0 radical (unpaired) electrons. The van der Waals surface area contributed by atoms with Crippen LogP contribution in [0.2, 0.25) is 0 Å². The minimum Gasteiger partial charge on any atom is -0.451 e. The molecule has 2 saturated heterocycles. The predicted molar refractivity (Wildman–Crippen MR) is 29.7 cm³/mol. The number of hydrogen-bond donors (Lipinski definition) is 0. The number of aromatic nitrogens is 1. The summed E-state index contributed by atoms with van der Waals surface area (Å²) in [6, 6.07) is 1.46. The molecule has 1 aromatic rings. The standard InChI is InChI=1S/C6H6N2O/c1-5-6(8(1)5)4-2-9-3-7-4/h2-3,5-6H,1H2.